The summed E-state index contributed by atoms with van der Waals surface area (Å²) in [6, 6.07) is 0. The summed E-state index contributed by atoms with van der Waals surface area (Å²) in [4.78, 5) is 10.7. The third kappa shape index (κ3) is 2.97. The molecule has 0 aromatic carbocycles. The normalized spacial score (nSPS) is 27.0. The molecule has 0 spiro atoms. The van der Waals surface area contributed by atoms with Crippen molar-refractivity contribution in [2.75, 3.05) is 7.11 Å². The molecule has 1 aliphatic rings. The maximum atomic E-state index is 10.7. The molecule has 76 valence electrons. The molecule has 3 unspecified atom stereocenters. The summed E-state index contributed by atoms with van der Waals surface area (Å²) in [5.41, 5.74) is 0. The number of aliphatic hydroxyl groups excluding tert-OH is 1. The molecule has 0 bridgehead atoms. The Kier molecular flexibility index (Phi) is 3.69. The van der Waals surface area contributed by atoms with Crippen molar-refractivity contribution >= 4 is 5.97 Å². The first-order chi connectivity index (χ1) is 6.13. The molecule has 13 heavy (non-hydrogen) atoms. The Morgan fingerprint density at radius 2 is 2.46 bits per heavy atom. The lowest BCUT2D eigenvalue weighted by molar-refractivity contribution is -0.146. The highest BCUT2D eigenvalue weighted by Crippen LogP contribution is 2.20. The van der Waals surface area contributed by atoms with Gasteiger partial charge in [-0.15, -0.1) is 0 Å². The number of hydrogen-bond donors (Lipinski definition) is 1. The van der Waals surface area contributed by atoms with E-state index in [0.29, 0.717) is 19.3 Å². The number of esters is 1. The Hall–Kier alpha value is -0.610. The highest BCUT2D eigenvalue weighted by Gasteiger charge is 2.30. The molecule has 0 saturated carbocycles. The molecule has 4 nitrogen and oxygen atoms in total. The first-order valence-electron chi connectivity index (χ1n) is 4.54. The average molecular weight is 188 g/mol. The number of carbonyl (C=O) groups is 1. The van der Waals surface area contributed by atoms with Crippen molar-refractivity contribution in [2.24, 2.45) is 0 Å². The maximum Gasteiger partial charge on any atom is 0.306 e. The van der Waals surface area contributed by atoms with Crippen LogP contribution in [0.4, 0.5) is 0 Å². The van der Waals surface area contributed by atoms with Gasteiger partial charge in [0, 0.05) is 20.0 Å². The molecule has 0 aromatic heterocycles. The average Bonchev–Trinajstić information content (AvgIpc) is 2.51. The van der Waals surface area contributed by atoms with Crippen molar-refractivity contribution in [3.63, 3.8) is 0 Å². The molecule has 4 heteroatoms. The highest BCUT2D eigenvalue weighted by molar-refractivity contribution is 5.71. The summed E-state index contributed by atoms with van der Waals surface area (Å²) in [7, 11) is 1.60. The van der Waals surface area contributed by atoms with E-state index in [1.54, 1.807) is 7.11 Å². The Morgan fingerprint density at radius 1 is 1.77 bits per heavy atom. The molecule has 1 N–H and O–H groups in total. The summed E-state index contributed by atoms with van der Waals surface area (Å²) >= 11 is 0. The zero-order valence-electron chi connectivity index (χ0n) is 8.03. The highest BCUT2D eigenvalue weighted by atomic mass is 16.6. The number of hydrogen-bond acceptors (Lipinski definition) is 4. The topological polar surface area (TPSA) is 55.8 Å². The number of ether oxygens (including phenoxy) is 2. The fraction of sp³-hybridized carbons (Fsp3) is 0.889. The quantitative estimate of drug-likeness (QED) is 0.652. The lowest BCUT2D eigenvalue weighted by atomic mass is 10.1. The number of methoxy groups -OCH3 is 1. The zero-order chi connectivity index (χ0) is 9.84. The van der Waals surface area contributed by atoms with Crippen LogP contribution < -0.4 is 0 Å². The number of carbonyl (C=O) groups excluding carboxylic acids is 1. The van der Waals surface area contributed by atoms with E-state index >= 15 is 0 Å². The van der Waals surface area contributed by atoms with E-state index in [9.17, 15) is 9.90 Å². The second-order valence-electron chi connectivity index (χ2n) is 3.42. The summed E-state index contributed by atoms with van der Waals surface area (Å²) in [6.45, 7) is 1.87. The predicted octanol–water partition coefficient (Wildman–Crippen LogP) is 0.478. The third-order valence-corrected chi connectivity index (χ3v) is 2.32. The van der Waals surface area contributed by atoms with Crippen molar-refractivity contribution in [3.05, 3.63) is 0 Å². The summed E-state index contributed by atoms with van der Waals surface area (Å²) in [5, 5.41) is 9.61. The molecule has 1 rings (SSSR count). The molecule has 3 atom stereocenters. The largest absolute Gasteiger partial charge is 0.460 e. The number of rotatable bonds is 4. The van der Waals surface area contributed by atoms with Crippen molar-refractivity contribution in [1.29, 1.82) is 0 Å². The van der Waals surface area contributed by atoms with Gasteiger partial charge in [0.2, 0.25) is 0 Å². The molecule has 1 fully saturated rings. The van der Waals surface area contributed by atoms with Gasteiger partial charge in [-0.25, -0.2) is 0 Å². The minimum absolute atomic E-state index is 0.00528. The van der Waals surface area contributed by atoms with Gasteiger partial charge in [0.05, 0.1) is 12.2 Å². The van der Waals surface area contributed by atoms with Gasteiger partial charge in [0.25, 0.3) is 0 Å². The minimum Gasteiger partial charge on any atom is -0.460 e. The molecule has 1 aliphatic heterocycles. The van der Waals surface area contributed by atoms with Crippen LogP contribution in [0.5, 0.6) is 0 Å². The van der Waals surface area contributed by atoms with Crippen LogP contribution in [0.1, 0.15) is 26.2 Å². The van der Waals surface area contributed by atoms with E-state index in [2.05, 4.69) is 0 Å². The number of cyclic esters (lactones) is 1. The van der Waals surface area contributed by atoms with Crippen LogP contribution >= 0.6 is 0 Å². The Balaban J connectivity index is 2.31. The van der Waals surface area contributed by atoms with E-state index in [4.69, 9.17) is 9.47 Å². The third-order valence-electron chi connectivity index (χ3n) is 2.32. The molecular formula is C9H16O4. The second-order valence-corrected chi connectivity index (χ2v) is 3.42. The SMILES string of the molecule is COC(C)CC(O)C1CCC(=O)O1. The van der Waals surface area contributed by atoms with E-state index in [1.807, 2.05) is 6.92 Å². The first-order valence-corrected chi connectivity index (χ1v) is 4.54. The van der Waals surface area contributed by atoms with Crippen LogP contribution in [0, 0.1) is 0 Å². The summed E-state index contributed by atoms with van der Waals surface area (Å²) in [5.74, 6) is -0.214. The maximum absolute atomic E-state index is 10.7. The van der Waals surface area contributed by atoms with Gasteiger partial charge >= 0.3 is 5.97 Å². The van der Waals surface area contributed by atoms with Crippen molar-refractivity contribution in [2.45, 2.75) is 44.5 Å². The Morgan fingerprint density at radius 3 is 2.92 bits per heavy atom. The lowest BCUT2D eigenvalue weighted by Crippen LogP contribution is -2.29. The van der Waals surface area contributed by atoms with E-state index in [-0.39, 0.29) is 18.2 Å². The molecule has 0 amide bonds. The van der Waals surface area contributed by atoms with Crippen LogP contribution in [-0.4, -0.2) is 36.5 Å². The van der Waals surface area contributed by atoms with Gasteiger partial charge in [0.1, 0.15) is 6.10 Å². The standard InChI is InChI=1S/C9H16O4/c1-6(12-2)5-7(10)8-3-4-9(11)13-8/h6-8,10H,3-5H2,1-2H3. The van der Waals surface area contributed by atoms with Gasteiger partial charge in [-0.2, -0.15) is 0 Å². The van der Waals surface area contributed by atoms with Crippen molar-refractivity contribution < 1.29 is 19.4 Å². The molecule has 0 aromatic rings. The predicted molar refractivity (Wildman–Crippen MR) is 46.2 cm³/mol. The molecule has 0 aliphatic carbocycles. The monoisotopic (exact) mass is 188 g/mol. The molecule has 0 radical (unpaired) electrons. The summed E-state index contributed by atoms with van der Waals surface area (Å²) < 4.78 is 9.93. The van der Waals surface area contributed by atoms with Crippen LogP contribution in [0.25, 0.3) is 0 Å². The second kappa shape index (κ2) is 4.58. The van der Waals surface area contributed by atoms with Gasteiger partial charge in [-0.3, -0.25) is 4.79 Å². The van der Waals surface area contributed by atoms with Crippen LogP contribution in [0.3, 0.4) is 0 Å². The zero-order valence-corrected chi connectivity index (χ0v) is 8.03. The van der Waals surface area contributed by atoms with Crippen molar-refractivity contribution in [1.82, 2.24) is 0 Å². The Labute approximate surface area is 77.8 Å². The van der Waals surface area contributed by atoms with Gasteiger partial charge in [0.15, 0.2) is 0 Å². The van der Waals surface area contributed by atoms with E-state index in [0.717, 1.165) is 0 Å². The lowest BCUT2D eigenvalue weighted by Gasteiger charge is -2.19. The van der Waals surface area contributed by atoms with Gasteiger partial charge in [-0.05, 0) is 13.3 Å². The minimum atomic E-state index is -0.596. The fourth-order valence-corrected chi connectivity index (χ4v) is 1.41. The molecular weight excluding hydrogens is 172 g/mol. The van der Waals surface area contributed by atoms with Gasteiger partial charge < -0.3 is 14.6 Å². The van der Waals surface area contributed by atoms with E-state index in [1.165, 1.54) is 0 Å². The van der Waals surface area contributed by atoms with Crippen LogP contribution in [0.2, 0.25) is 0 Å². The smallest absolute Gasteiger partial charge is 0.306 e. The Bertz CT molecular complexity index is 180. The summed E-state index contributed by atoms with van der Waals surface area (Å²) in [6.07, 6.45) is 0.620. The fourth-order valence-electron chi connectivity index (χ4n) is 1.41. The number of aliphatic hydroxyl groups is 1. The molecule has 1 heterocycles. The van der Waals surface area contributed by atoms with Gasteiger partial charge in [-0.1, -0.05) is 0 Å². The van der Waals surface area contributed by atoms with Crippen LogP contribution in [0.15, 0.2) is 0 Å². The first kappa shape index (κ1) is 10.5. The van der Waals surface area contributed by atoms with E-state index < -0.39 is 6.10 Å². The molecule has 1 saturated heterocycles. The van der Waals surface area contributed by atoms with Crippen molar-refractivity contribution in [3.8, 4) is 0 Å². The van der Waals surface area contributed by atoms with Crippen LogP contribution in [-0.2, 0) is 14.3 Å².